The first-order chi connectivity index (χ1) is 7.90. The van der Waals surface area contributed by atoms with Crippen LogP contribution >= 0.6 is 0 Å². The summed E-state index contributed by atoms with van der Waals surface area (Å²) in [6.07, 6.45) is 4.54. The third kappa shape index (κ3) is 3.03. The van der Waals surface area contributed by atoms with Gasteiger partial charge in [0.15, 0.2) is 0 Å². The summed E-state index contributed by atoms with van der Waals surface area (Å²) in [5.74, 6) is 0. The summed E-state index contributed by atoms with van der Waals surface area (Å²) in [7, 11) is 0. The number of hydrogen-bond acceptors (Lipinski definition) is 3. The van der Waals surface area contributed by atoms with Crippen LogP contribution in [0.3, 0.4) is 0 Å². The minimum Gasteiger partial charge on any atom is -0.310 e. The number of likely N-dealkylation sites (N-methyl/N-ethyl adjacent to an activating group) is 1. The summed E-state index contributed by atoms with van der Waals surface area (Å²) in [6.45, 7) is 6.67. The average molecular weight is 219 g/mol. The third-order valence-corrected chi connectivity index (χ3v) is 3.32. The SMILES string of the molecule is CCN1CCC[C@@H]1CNCc1ccccn1. The molecule has 0 saturated carbocycles. The van der Waals surface area contributed by atoms with Crippen LogP contribution in [-0.2, 0) is 6.54 Å². The molecule has 3 nitrogen and oxygen atoms in total. The van der Waals surface area contributed by atoms with Crippen LogP contribution in [-0.4, -0.2) is 35.6 Å². The van der Waals surface area contributed by atoms with Crippen LogP contribution in [0.5, 0.6) is 0 Å². The lowest BCUT2D eigenvalue weighted by Gasteiger charge is -2.22. The minimum atomic E-state index is 0.730. The lowest BCUT2D eigenvalue weighted by atomic mass is 10.2. The number of hydrogen-bond donors (Lipinski definition) is 1. The zero-order chi connectivity index (χ0) is 11.2. The van der Waals surface area contributed by atoms with E-state index in [0.717, 1.165) is 24.8 Å². The Morgan fingerprint density at radius 2 is 2.44 bits per heavy atom. The molecule has 1 aliphatic rings. The van der Waals surface area contributed by atoms with Crippen LogP contribution in [0.1, 0.15) is 25.5 Å². The fourth-order valence-electron chi connectivity index (χ4n) is 2.41. The van der Waals surface area contributed by atoms with Gasteiger partial charge >= 0.3 is 0 Å². The van der Waals surface area contributed by atoms with Crippen molar-refractivity contribution in [3.8, 4) is 0 Å². The van der Waals surface area contributed by atoms with Gasteiger partial charge in [-0.3, -0.25) is 9.88 Å². The van der Waals surface area contributed by atoms with E-state index in [1.165, 1.54) is 25.9 Å². The average Bonchev–Trinajstić information content (AvgIpc) is 2.78. The first kappa shape index (κ1) is 11.6. The van der Waals surface area contributed by atoms with Gasteiger partial charge in [-0.2, -0.15) is 0 Å². The summed E-state index contributed by atoms with van der Waals surface area (Å²) >= 11 is 0. The highest BCUT2D eigenvalue weighted by Crippen LogP contribution is 2.15. The Bertz CT molecular complexity index is 299. The molecule has 1 aliphatic heterocycles. The number of aromatic nitrogens is 1. The molecule has 0 aliphatic carbocycles. The van der Waals surface area contributed by atoms with E-state index in [2.05, 4.69) is 28.2 Å². The molecule has 0 aromatic carbocycles. The smallest absolute Gasteiger partial charge is 0.0541 e. The molecule has 1 atom stereocenters. The molecule has 0 unspecified atom stereocenters. The zero-order valence-electron chi connectivity index (χ0n) is 10.0. The maximum atomic E-state index is 4.31. The Morgan fingerprint density at radius 3 is 3.19 bits per heavy atom. The molecule has 1 aromatic rings. The van der Waals surface area contributed by atoms with Gasteiger partial charge < -0.3 is 5.32 Å². The monoisotopic (exact) mass is 219 g/mol. The van der Waals surface area contributed by atoms with Crippen molar-refractivity contribution in [2.45, 2.75) is 32.4 Å². The summed E-state index contributed by atoms with van der Waals surface area (Å²) < 4.78 is 0. The van der Waals surface area contributed by atoms with Gasteiger partial charge in [0.2, 0.25) is 0 Å². The highest BCUT2D eigenvalue weighted by molar-refractivity contribution is 5.03. The van der Waals surface area contributed by atoms with Crippen molar-refractivity contribution >= 4 is 0 Å². The molecule has 3 heteroatoms. The second-order valence-corrected chi connectivity index (χ2v) is 4.38. The molecule has 2 heterocycles. The first-order valence-electron chi connectivity index (χ1n) is 6.25. The quantitative estimate of drug-likeness (QED) is 0.816. The Balaban J connectivity index is 1.72. The summed E-state index contributed by atoms with van der Waals surface area (Å²) in [6, 6.07) is 6.80. The Morgan fingerprint density at radius 1 is 1.50 bits per heavy atom. The highest BCUT2D eigenvalue weighted by Gasteiger charge is 2.21. The van der Waals surface area contributed by atoms with Gasteiger partial charge in [0.1, 0.15) is 0 Å². The van der Waals surface area contributed by atoms with Crippen LogP contribution in [0.2, 0.25) is 0 Å². The molecular formula is C13H21N3. The van der Waals surface area contributed by atoms with Gasteiger partial charge in [-0.1, -0.05) is 13.0 Å². The number of nitrogens with one attached hydrogen (secondary N) is 1. The van der Waals surface area contributed by atoms with E-state index in [9.17, 15) is 0 Å². The molecule has 0 amide bonds. The molecule has 2 rings (SSSR count). The second-order valence-electron chi connectivity index (χ2n) is 4.38. The number of pyridine rings is 1. The number of nitrogens with zero attached hydrogens (tertiary/aromatic N) is 2. The zero-order valence-corrected chi connectivity index (χ0v) is 10.0. The van der Waals surface area contributed by atoms with Crippen molar-refractivity contribution in [2.24, 2.45) is 0 Å². The molecule has 88 valence electrons. The Kier molecular flexibility index (Phi) is 4.31. The standard InChI is InChI=1S/C13H21N3/c1-2-16-9-5-7-13(16)11-14-10-12-6-3-4-8-15-12/h3-4,6,8,13-14H,2,5,7,9-11H2,1H3/t13-/m1/s1. The molecule has 0 bridgehead atoms. The van der Waals surface area contributed by atoms with Gasteiger partial charge in [-0.25, -0.2) is 0 Å². The van der Waals surface area contributed by atoms with E-state index in [1.54, 1.807) is 0 Å². The molecule has 1 aromatic heterocycles. The fraction of sp³-hybridized carbons (Fsp3) is 0.615. The van der Waals surface area contributed by atoms with Crippen molar-refractivity contribution in [2.75, 3.05) is 19.6 Å². The topological polar surface area (TPSA) is 28.2 Å². The van der Waals surface area contributed by atoms with Crippen molar-refractivity contribution < 1.29 is 0 Å². The van der Waals surface area contributed by atoms with Crippen molar-refractivity contribution in [3.63, 3.8) is 0 Å². The van der Waals surface area contributed by atoms with Crippen LogP contribution in [0.4, 0.5) is 0 Å². The number of rotatable bonds is 5. The van der Waals surface area contributed by atoms with E-state index in [1.807, 2.05) is 18.3 Å². The van der Waals surface area contributed by atoms with Crippen molar-refractivity contribution in [3.05, 3.63) is 30.1 Å². The normalized spacial score (nSPS) is 21.4. The second kappa shape index (κ2) is 5.97. The maximum absolute atomic E-state index is 4.31. The minimum absolute atomic E-state index is 0.730. The van der Waals surface area contributed by atoms with Gasteiger partial charge in [0.25, 0.3) is 0 Å². The molecule has 1 saturated heterocycles. The van der Waals surface area contributed by atoms with Gasteiger partial charge in [0.05, 0.1) is 5.69 Å². The Hall–Kier alpha value is -0.930. The molecule has 0 spiro atoms. The van der Waals surface area contributed by atoms with E-state index < -0.39 is 0 Å². The Labute approximate surface area is 97.9 Å². The van der Waals surface area contributed by atoms with Gasteiger partial charge in [0, 0.05) is 25.3 Å². The van der Waals surface area contributed by atoms with Gasteiger partial charge in [-0.15, -0.1) is 0 Å². The maximum Gasteiger partial charge on any atom is 0.0541 e. The summed E-state index contributed by atoms with van der Waals surface area (Å²) in [5.41, 5.74) is 1.13. The summed E-state index contributed by atoms with van der Waals surface area (Å²) in [5, 5.41) is 3.50. The highest BCUT2D eigenvalue weighted by atomic mass is 15.2. The van der Waals surface area contributed by atoms with E-state index in [0.29, 0.717) is 0 Å². The van der Waals surface area contributed by atoms with Crippen molar-refractivity contribution in [1.29, 1.82) is 0 Å². The van der Waals surface area contributed by atoms with Crippen LogP contribution < -0.4 is 5.32 Å². The number of likely N-dealkylation sites (tertiary alicyclic amines) is 1. The largest absolute Gasteiger partial charge is 0.310 e. The third-order valence-electron chi connectivity index (χ3n) is 3.32. The van der Waals surface area contributed by atoms with Crippen LogP contribution in [0, 0.1) is 0 Å². The summed E-state index contributed by atoms with van der Waals surface area (Å²) in [4.78, 5) is 6.87. The van der Waals surface area contributed by atoms with E-state index >= 15 is 0 Å². The predicted octanol–water partition coefficient (Wildman–Crippen LogP) is 1.66. The molecular weight excluding hydrogens is 198 g/mol. The lowest BCUT2D eigenvalue weighted by Crippen LogP contribution is -2.37. The fourth-order valence-corrected chi connectivity index (χ4v) is 2.41. The molecule has 0 radical (unpaired) electrons. The molecule has 1 N–H and O–H groups in total. The molecule has 16 heavy (non-hydrogen) atoms. The first-order valence-corrected chi connectivity index (χ1v) is 6.25. The van der Waals surface area contributed by atoms with Crippen LogP contribution in [0.25, 0.3) is 0 Å². The predicted molar refractivity (Wildman–Crippen MR) is 66.2 cm³/mol. The van der Waals surface area contributed by atoms with Crippen LogP contribution in [0.15, 0.2) is 24.4 Å². The molecule has 1 fully saturated rings. The van der Waals surface area contributed by atoms with E-state index in [4.69, 9.17) is 0 Å². The van der Waals surface area contributed by atoms with E-state index in [-0.39, 0.29) is 0 Å². The lowest BCUT2D eigenvalue weighted by molar-refractivity contribution is 0.259. The van der Waals surface area contributed by atoms with Crippen molar-refractivity contribution in [1.82, 2.24) is 15.2 Å². The van der Waals surface area contributed by atoms with Gasteiger partial charge in [-0.05, 0) is 38.1 Å².